The van der Waals surface area contributed by atoms with Crippen molar-refractivity contribution in [3.05, 3.63) is 108 Å². The Labute approximate surface area is 249 Å². The van der Waals surface area contributed by atoms with Crippen LogP contribution >= 0.6 is 0 Å². The fraction of sp³-hybridized carbons (Fsp3) is 0.303. The minimum Gasteiger partial charge on any atom is -0.479 e. The standard InChI is InChI=1S/C33H33NO9/c1-20(31(37)38)40-30-28(34-21(2)35)33(42-27-19-39-32(43-29(27)30)24-14-7-4-8-15-24)41-26-16-10-9-13-23(26)17-18-25(36)22-11-5-3-6-12-22/h3-18,20,27-30,32-33H,19H2,1-2H3,(H,34,35)(H,37,38)/b18-17+. The van der Waals surface area contributed by atoms with Crippen molar-refractivity contribution >= 4 is 23.7 Å². The van der Waals surface area contributed by atoms with Crippen LogP contribution in [-0.2, 0) is 28.5 Å². The lowest BCUT2D eigenvalue weighted by molar-refractivity contribution is -0.340. The van der Waals surface area contributed by atoms with E-state index in [0.29, 0.717) is 16.9 Å². The van der Waals surface area contributed by atoms with Gasteiger partial charge >= 0.3 is 5.97 Å². The highest BCUT2D eigenvalue weighted by Crippen LogP contribution is 2.37. The van der Waals surface area contributed by atoms with Crippen molar-refractivity contribution in [3.8, 4) is 5.75 Å². The molecular formula is C33H33NO9. The number of benzene rings is 3. The van der Waals surface area contributed by atoms with Crippen LogP contribution in [0.25, 0.3) is 6.08 Å². The number of nitrogens with one attached hydrogen (secondary N) is 1. The van der Waals surface area contributed by atoms with Crippen LogP contribution in [0.15, 0.2) is 91.0 Å². The summed E-state index contributed by atoms with van der Waals surface area (Å²) in [4.78, 5) is 36.9. The molecule has 0 aromatic heterocycles. The predicted molar refractivity (Wildman–Crippen MR) is 155 cm³/mol. The van der Waals surface area contributed by atoms with E-state index in [1.165, 1.54) is 19.9 Å². The van der Waals surface area contributed by atoms with Crippen LogP contribution in [0.3, 0.4) is 0 Å². The molecule has 0 bridgehead atoms. The second-order valence-electron chi connectivity index (χ2n) is 10.2. The maximum Gasteiger partial charge on any atom is 0.332 e. The molecule has 2 N–H and O–H groups in total. The lowest BCUT2D eigenvalue weighted by Crippen LogP contribution is -2.68. The topological polar surface area (TPSA) is 130 Å². The number of ether oxygens (including phenoxy) is 5. The van der Waals surface area contributed by atoms with Crippen molar-refractivity contribution in [2.75, 3.05) is 6.61 Å². The van der Waals surface area contributed by atoms with Gasteiger partial charge in [0.1, 0.15) is 30.1 Å². The first kappa shape index (κ1) is 30.1. The molecule has 10 heteroatoms. The third kappa shape index (κ3) is 7.36. The summed E-state index contributed by atoms with van der Waals surface area (Å²) in [5.41, 5.74) is 1.91. The highest BCUT2D eigenvalue weighted by molar-refractivity contribution is 6.06. The monoisotopic (exact) mass is 587 g/mol. The van der Waals surface area contributed by atoms with Crippen LogP contribution in [0.1, 0.15) is 41.6 Å². The van der Waals surface area contributed by atoms with Gasteiger partial charge in [-0.3, -0.25) is 9.59 Å². The van der Waals surface area contributed by atoms with E-state index in [4.69, 9.17) is 23.7 Å². The summed E-state index contributed by atoms with van der Waals surface area (Å²) >= 11 is 0. The molecule has 224 valence electrons. The molecule has 2 aliphatic heterocycles. The molecule has 2 heterocycles. The van der Waals surface area contributed by atoms with E-state index >= 15 is 0 Å². The summed E-state index contributed by atoms with van der Waals surface area (Å²) in [5, 5.41) is 12.5. The molecule has 0 aliphatic carbocycles. The molecule has 2 fully saturated rings. The quantitative estimate of drug-likeness (QED) is 0.265. The molecule has 1 amide bonds. The maximum atomic E-state index is 12.7. The number of carboxylic acid groups (broad SMARTS) is 1. The first-order chi connectivity index (χ1) is 20.8. The molecule has 2 saturated heterocycles. The third-order valence-electron chi connectivity index (χ3n) is 7.12. The predicted octanol–water partition coefficient (Wildman–Crippen LogP) is 4.16. The highest BCUT2D eigenvalue weighted by atomic mass is 16.8. The second kappa shape index (κ2) is 13.7. The number of carbonyl (C=O) groups is 3. The largest absolute Gasteiger partial charge is 0.479 e. The van der Waals surface area contributed by atoms with Crippen LogP contribution in [0, 0.1) is 0 Å². The Morgan fingerprint density at radius 3 is 2.33 bits per heavy atom. The van der Waals surface area contributed by atoms with Gasteiger partial charge in [-0.1, -0.05) is 78.9 Å². The van der Waals surface area contributed by atoms with Crippen LogP contribution < -0.4 is 10.1 Å². The molecule has 3 aromatic rings. The number of hydrogen-bond acceptors (Lipinski definition) is 8. The number of carboxylic acids is 1. The fourth-order valence-electron chi connectivity index (χ4n) is 5.01. The average molecular weight is 588 g/mol. The molecule has 10 nitrogen and oxygen atoms in total. The van der Waals surface area contributed by atoms with E-state index in [2.05, 4.69) is 5.32 Å². The highest BCUT2D eigenvalue weighted by Gasteiger charge is 2.53. The Hall–Kier alpha value is -4.35. The molecule has 0 radical (unpaired) electrons. The van der Waals surface area contributed by atoms with Crippen molar-refractivity contribution in [2.45, 2.75) is 56.9 Å². The van der Waals surface area contributed by atoms with Gasteiger partial charge in [0.25, 0.3) is 0 Å². The number of carbonyl (C=O) groups excluding carboxylic acids is 2. The summed E-state index contributed by atoms with van der Waals surface area (Å²) in [6, 6.07) is 24.3. The van der Waals surface area contributed by atoms with Crippen molar-refractivity contribution in [2.24, 2.45) is 0 Å². The third-order valence-corrected chi connectivity index (χ3v) is 7.12. The number of ketones is 1. The van der Waals surface area contributed by atoms with E-state index in [-0.39, 0.29) is 12.4 Å². The molecule has 7 atom stereocenters. The molecule has 3 aromatic carbocycles. The van der Waals surface area contributed by atoms with E-state index < -0.39 is 54.9 Å². The fourth-order valence-corrected chi connectivity index (χ4v) is 5.01. The summed E-state index contributed by atoms with van der Waals surface area (Å²) in [7, 11) is 0. The van der Waals surface area contributed by atoms with Gasteiger partial charge in [-0.05, 0) is 25.1 Å². The van der Waals surface area contributed by atoms with Gasteiger partial charge in [-0.25, -0.2) is 4.79 Å². The Bertz CT molecular complexity index is 1440. The lowest BCUT2D eigenvalue weighted by atomic mass is 9.95. The number of rotatable bonds is 10. The SMILES string of the molecule is CC(=O)NC1C(Oc2ccccc2/C=C/C(=O)c2ccccc2)OC2COC(c3ccccc3)OC2C1OC(C)C(=O)O. The molecule has 43 heavy (non-hydrogen) atoms. The van der Waals surface area contributed by atoms with Gasteiger partial charge in [0.15, 0.2) is 18.2 Å². The zero-order valence-electron chi connectivity index (χ0n) is 23.7. The number of amides is 1. The lowest BCUT2D eigenvalue weighted by Gasteiger charge is -2.49. The smallest absolute Gasteiger partial charge is 0.332 e. The number of hydrogen-bond donors (Lipinski definition) is 2. The van der Waals surface area contributed by atoms with Crippen molar-refractivity contribution in [3.63, 3.8) is 0 Å². The minimum atomic E-state index is -1.22. The van der Waals surface area contributed by atoms with E-state index in [1.54, 1.807) is 54.6 Å². The van der Waals surface area contributed by atoms with Crippen LogP contribution in [-0.4, -0.2) is 66.1 Å². The zero-order valence-corrected chi connectivity index (χ0v) is 23.7. The van der Waals surface area contributed by atoms with E-state index in [1.807, 2.05) is 36.4 Å². The molecule has 5 rings (SSSR count). The Kier molecular flexibility index (Phi) is 9.63. The summed E-state index contributed by atoms with van der Waals surface area (Å²) < 4.78 is 30.9. The summed E-state index contributed by atoms with van der Waals surface area (Å²) in [6.07, 6.45) is -2.47. The molecule has 0 spiro atoms. The Balaban J connectivity index is 1.43. The molecule has 2 aliphatic rings. The molecule has 0 saturated carbocycles. The van der Waals surface area contributed by atoms with E-state index in [9.17, 15) is 19.5 Å². The Morgan fingerprint density at radius 1 is 0.953 bits per heavy atom. The summed E-state index contributed by atoms with van der Waals surface area (Å²) in [6.45, 7) is 2.85. The first-order valence-electron chi connectivity index (χ1n) is 14.0. The van der Waals surface area contributed by atoms with Gasteiger partial charge in [0.05, 0.1) is 6.61 Å². The van der Waals surface area contributed by atoms with Gasteiger partial charge in [0, 0.05) is 23.6 Å². The number of aliphatic carboxylic acids is 1. The van der Waals surface area contributed by atoms with Gasteiger partial charge in [0.2, 0.25) is 12.2 Å². The van der Waals surface area contributed by atoms with Crippen molar-refractivity contribution in [1.29, 1.82) is 0 Å². The number of fused-ring (bicyclic) bond motifs is 1. The zero-order chi connectivity index (χ0) is 30.3. The average Bonchev–Trinajstić information content (AvgIpc) is 3.02. The van der Waals surface area contributed by atoms with Crippen LogP contribution in [0.5, 0.6) is 5.75 Å². The number of para-hydroxylation sites is 1. The second-order valence-corrected chi connectivity index (χ2v) is 10.2. The number of allylic oxidation sites excluding steroid dienone is 1. The minimum absolute atomic E-state index is 0.102. The van der Waals surface area contributed by atoms with Crippen molar-refractivity contribution in [1.82, 2.24) is 5.32 Å². The summed E-state index contributed by atoms with van der Waals surface area (Å²) in [5.74, 6) is -1.37. The van der Waals surface area contributed by atoms with Gasteiger partial charge in [-0.2, -0.15) is 0 Å². The van der Waals surface area contributed by atoms with E-state index in [0.717, 1.165) is 5.56 Å². The van der Waals surface area contributed by atoms with Crippen LogP contribution in [0.4, 0.5) is 0 Å². The normalized spacial score (nSPS) is 25.8. The molecule has 7 unspecified atom stereocenters. The molecular weight excluding hydrogens is 554 g/mol. The van der Waals surface area contributed by atoms with Crippen molar-refractivity contribution < 1.29 is 43.2 Å². The van der Waals surface area contributed by atoms with Gasteiger partial charge < -0.3 is 34.1 Å². The maximum absolute atomic E-state index is 12.7. The van der Waals surface area contributed by atoms with Gasteiger partial charge in [-0.15, -0.1) is 0 Å². The van der Waals surface area contributed by atoms with Crippen LogP contribution in [0.2, 0.25) is 0 Å². The first-order valence-corrected chi connectivity index (χ1v) is 14.0. The Morgan fingerprint density at radius 2 is 1.63 bits per heavy atom.